The highest BCUT2D eigenvalue weighted by atomic mass is 16.5. The van der Waals surface area contributed by atoms with Crippen LogP contribution in [0.1, 0.15) is 48.2 Å². The minimum Gasteiger partial charge on any atom is -0.497 e. The molecule has 2 N–H and O–H groups in total. The van der Waals surface area contributed by atoms with Gasteiger partial charge in [-0.05, 0) is 49.2 Å². The predicted molar refractivity (Wildman–Crippen MR) is 122 cm³/mol. The fourth-order valence-electron chi connectivity index (χ4n) is 3.39. The van der Waals surface area contributed by atoms with Crippen molar-refractivity contribution in [3.63, 3.8) is 0 Å². The first-order valence-electron chi connectivity index (χ1n) is 10.8. The lowest BCUT2D eigenvalue weighted by molar-refractivity contribution is -0.942. The van der Waals surface area contributed by atoms with Crippen molar-refractivity contribution in [3.8, 4) is 5.75 Å². The van der Waals surface area contributed by atoms with Crippen molar-refractivity contribution in [1.29, 1.82) is 0 Å². The summed E-state index contributed by atoms with van der Waals surface area (Å²) in [6, 6.07) is 22.4. The monoisotopic (exact) mass is 421 g/mol. The van der Waals surface area contributed by atoms with Crippen LogP contribution in [-0.2, 0) is 19.6 Å². The van der Waals surface area contributed by atoms with E-state index in [0.717, 1.165) is 24.6 Å². The van der Waals surface area contributed by atoms with Gasteiger partial charge in [0.15, 0.2) is 11.5 Å². The molecule has 0 aliphatic rings. The number of nitrogens with one attached hydrogen (secondary N) is 2. The van der Waals surface area contributed by atoms with E-state index in [0.29, 0.717) is 18.2 Å². The van der Waals surface area contributed by atoms with Gasteiger partial charge in [0.1, 0.15) is 25.4 Å². The minimum absolute atomic E-state index is 0.0938. The zero-order chi connectivity index (χ0) is 22.2. The molecule has 2 aromatic carbocycles. The molecule has 31 heavy (non-hydrogen) atoms. The van der Waals surface area contributed by atoms with Crippen LogP contribution in [0.3, 0.4) is 0 Å². The lowest BCUT2D eigenvalue weighted by atomic mass is 10.1. The number of hydrogen-bond acceptors (Lipinski definition) is 3. The molecule has 5 nitrogen and oxygen atoms in total. The number of benzene rings is 2. The van der Waals surface area contributed by atoms with Crippen LogP contribution < -0.4 is 15.0 Å². The van der Waals surface area contributed by atoms with Crippen molar-refractivity contribution in [2.75, 3.05) is 7.11 Å². The van der Waals surface area contributed by atoms with Crippen molar-refractivity contribution in [2.24, 2.45) is 5.92 Å². The van der Waals surface area contributed by atoms with Crippen LogP contribution in [0.5, 0.6) is 5.75 Å². The molecule has 0 aliphatic heterocycles. The van der Waals surface area contributed by atoms with Crippen LogP contribution in [0.4, 0.5) is 0 Å². The highest BCUT2D eigenvalue weighted by Gasteiger charge is 2.19. The molecule has 0 bridgehead atoms. The van der Waals surface area contributed by atoms with E-state index in [1.807, 2.05) is 31.2 Å². The van der Waals surface area contributed by atoms with Crippen molar-refractivity contribution < 1.29 is 18.8 Å². The minimum atomic E-state index is -0.160. The second-order valence-electron chi connectivity index (χ2n) is 8.39. The molecule has 0 saturated carbocycles. The van der Waals surface area contributed by atoms with Gasteiger partial charge in [0, 0.05) is 17.2 Å². The lowest BCUT2D eigenvalue weighted by Crippen LogP contribution is -3.08. The Labute approximate surface area is 185 Å². The van der Waals surface area contributed by atoms with Crippen molar-refractivity contribution in [1.82, 2.24) is 5.32 Å². The predicted octanol–water partition coefficient (Wildman–Crippen LogP) is 3.85. The number of furan rings is 1. The number of methoxy groups -OCH3 is 1. The van der Waals surface area contributed by atoms with E-state index in [4.69, 9.17) is 9.15 Å². The fourth-order valence-corrected chi connectivity index (χ4v) is 3.39. The highest BCUT2D eigenvalue weighted by molar-refractivity contribution is 5.91. The Hall–Kier alpha value is -3.05. The Morgan fingerprint density at radius 2 is 1.55 bits per heavy atom. The van der Waals surface area contributed by atoms with Gasteiger partial charge in [-0.3, -0.25) is 4.79 Å². The molecule has 0 spiro atoms. The van der Waals surface area contributed by atoms with Gasteiger partial charge in [-0.25, -0.2) is 0 Å². The third-order valence-corrected chi connectivity index (χ3v) is 5.58. The van der Waals surface area contributed by atoms with E-state index < -0.39 is 0 Å². The molecule has 1 aromatic heterocycles. The number of rotatable bonds is 10. The average molecular weight is 422 g/mol. The zero-order valence-corrected chi connectivity index (χ0v) is 18.9. The molecule has 0 saturated heterocycles. The van der Waals surface area contributed by atoms with Gasteiger partial charge in [-0.2, -0.15) is 0 Å². The normalized spacial score (nSPS) is 13.1. The van der Waals surface area contributed by atoms with Crippen LogP contribution in [-0.4, -0.2) is 19.1 Å². The molecule has 1 unspecified atom stereocenters. The molecule has 2 atom stereocenters. The fraction of sp³-hybridized carbons (Fsp3) is 0.346. The summed E-state index contributed by atoms with van der Waals surface area (Å²) in [5.74, 6) is 2.24. The van der Waals surface area contributed by atoms with E-state index in [1.54, 1.807) is 13.2 Å². The first kappa shape index (κ1) is 22.6. The van der Waals surface area contributed by atoms with E-state index in [2.05, 4.69) is 55.6 Å². The summed E-state index contributed by atoms with van der Waals surface area (Å²) in [6.07, 6.45) is 0. The van der Waals surface area contributed by atoms with Gasteiger partial charge in [0.25, 0.3) is 5.91 Å². The van der Waals surface area contributed by atoms with Crippen molar-refractivity contribution in [2.45, 2.75) is 46.4 Å². The molecule has 3 aromatic rings. The molecule has 5 heteroatoms. The second kappa shape index (κ2) is 10.8. The number of carbonyl (C=O) groups excluding carboxylic acids is 1. The Morgan fingerprint density at radius 3 is 2.16 bits per heavy atom. The summed E-state index contributed by atoms with van der Waals surface area (Å²) in [5, 5.41) is 3.00. The Morgan fingerprint density at radius 1 is 0.903 bits per heavy atom. The number of amides is 1. The molecule has 1 heterocycles. The van der Waals surface area contributed by atoms with E-state index in [9.17, 15) is 4.79 Å². The van der Waals surface area contributed by atoms with Gasteiger partial charge < -0.3 is 19.4 Å². The molecule has 0 radical (unpaired) electrons. The number of ether oxygens (including phenoxy) is 1. The number of hydrogen-bond donors (Lipinski definition) is 2. The topological polar surface area (TPSA) is 55.9 Å². The van der Waals surface area contributed by atoms with E-state index in [1.165, 1.54) is 16.0 Å². The summed E-state index contributed by atoms with van der Waals surface area (Å²) in [4.78, 5) is 13.8. The molecular formula is C26H33N2O3+. The van der Waals surface area contributed by atoms with Crippen LogP contribution in [0, 0.1) is 5.92 Å². The highest BCUT2D eigenvalue weighted by Crippen LogP contribution is 2.12. The quantitative estimate of drug-likeness (QED) is 0.523. The van der Waals surface area contributed by atoms with E-state index in [-0.39, 0.29) is 11.9 Å². The first-order valence-corrected chi connectivity index (χ1v) is 10.8. The summed E-state index contributed by atoms with van der Waals surface area (Å²) in [5.41, 5.74) is 2.49. The van der Waals surface area contributed by atoms with E-state index >= 15 is 0 Å². The molecule has 0 aliphatic carbocycles. The Kier molecular flexibility index (Phi) is 7.90. The summed E-state index contributed by atoms with van der Waals surface area (Å²) in [6.45, 7) is 8.57. The maximum Gasteiger partial charge on any atom is 0.287 e. The summed E-state index contributed by atoms with van der Waals surface area (Å²) < 4.78 is 11.2. The van der Waals surface area contributed by atoms with Crippen molar-refractivity contribution >= 4 is 5.91 Å². The van der Waals surface area contributed by atoms with Crippen LogP contribution >= 0.6 is 0 Å². The molecule has 164 valence electrons. The maximum atomic E-state index is 12.5. The molecule has 3 rings (SSSR count). The summed E-state index contributed by atoms with van der Waals surface area (Å²) in [7, 11) is 1.68. The molecular weight excluding hydrogens is 388 g/mol. The SMILES string of the molecule is COc1ccc(C[NH+](Cc2ccccc2)Cc2ccc(C(=O)N[C@@H](C)C(C)C)o2)cc1. The average Bonchev–Trinajstić information content (AvgIpc) is 3.23. The van der Waals surface area contributed by atoms with Crippen LogP contribution in [0.2, 0.25) is 0 Å². The van der Waals surface area contributed by atoms with Crippen molar-refractivity contribution in [3.05, 3.63) is 89.4 Å². The van der Waals surface area contributed by atoms with Crippen LogP contribution in [0.25, 0.3) is 0 Å². The Balaban J connectivity index is 1.71. The summed E-state index contributed by atoms with van der Waals surface area (Å²) >= 11 is 0. The third kappa shape index (κ3) is 6.72. The molecule has 0 fully saturated rings. The maximum absolute atomic E-state index is 12.5. The number of quaternary nitrogens is 1. The largest absolute Gasteiger partial charge is 0.497 e. The second-order valence-corrected chi connectivity index (χ2v) is 8.39. The van der Waals surface area contributed by atoms with Gasteiger partial charge in [0.05, 0.1) is 7.11 Å². The van der Waals surface area contributed by atoms with Gasteiger partial charge in [-0.1, -0.05) is 44.2 Å². The van der Waals surface area contributed by atoms with Gasteiger partial charge in [-0.15, -0.1) is 0 Å². The first-order chi connectivity index (χ1) is 14.9. The van der Waals surface area contributed by atoms with Gasteiger partial charge in [0.2, 0.25) is 0 Å². The smallest absolute Gasteiger partial charge is 0.287 e. The third-order valence-electron chi connectivity index (χ3n) is 5.58. The van der Waals surface area contributed by atoms with Crippen LogP contribution in [0.15, 0.2) is 71.1 Å². The zero-order valence-electron chi connectivity index (χ0n) is 18.9. The van der Waals surface area contributed by atoms with Gasteiger partial charge >= 0.3 is 0 Å². The lowest BCUT2D eigenvalue weighted by Gasteiger charge is -2.19. The standard InChI is InChI=1S/C26H32N2O3/c1-19(2)20(3)27-26(29)25-15-14-24(31-25)18-28(16-21-8-6-5-7-9-21)17-22-10-12-23(30-4)13-11-22/h5-15,19-20H,16-18H2,1-4H3,(H,27,29)/p+1/t20-/m0/s1. The Bertz CT molecular complexity index is 948. The number of carbonyl (C=O) groups is 1. The molecule has 1 amide bonds.